The lowest BCUT2D eigenvalue weighted by Crippen LogP contribution is -2.18. The molecule has 0 spiro atoms. The lowest BCUT2D eigenvalue weighted by atomic mass is 10.1. The van der Waals surface area contributed by atoms with Gasteiger partial charge in [0.15, 0.2) is 0 Å². The largest absolute Gasteiger partial charge is 0.447 e. The predicted octanol–water partition coefficient (Wildman–Crippen LogP) is 0.942. The molecule has 21 heavy (non-hydrogen) atoms. The van der Waals surface area contributed by atoms with Crippen LogP contribution in [0.25, 0.3) is 0 Å². The second-order valence-corrected chi connectivity index (χ2v) is 6.55. The van der Waals surface area contributed by atoms with E-state index in [0.29, 0.717) is 12.3 Å². The first-order valence-electron chi connectivity index (χ1n) is 6.75. The summed E-state index contributed by atoms with van der Waals surface area (Å²) in [6.45, 7) is 3.32. The zero-order chi connectivity index (χ0) is 15.3. The van der Waals surface area contributed by atoms with Crippen LogP contribution in [0.1, 0.15) is 23.4 Å². The van der Waals surface area contributed by atoms with Crippen LogP contribution in [-0.4, -0.2) is 32.2 Å². The third kappa shape index (κ3) is 4.16. The fraction of sp³-hybridized carbons (Fsp3) is 0.462. The van der Waals surface area contributed by atoms with Crippen LogP contribution in [0.4, 0.5) is 0 Å². The van der Waals surface area contributed by atoms with Crippen molar-refractivity contribution in [3.8, 4) is 0 Å². The molecule has 0 saturated heterocycles. The maximum atomic E-state index is 11.5. The molecule has 116 valence electrons. The molecule has 0 aliphatic heterocycles. The van der Waals surface area contributed by atoms with E-state index in [2.05, 4.69) is 20.2 Å². The van der Waals surface area contributed by atoms with Crippen molar-refractivity contribution < 1.29 is 12.8 Å². The van der Waals surface area contributed by atoms with Crippen molar-refractivity contribution in [1.82, 2.24) is 20.2 Å². The molecule has 2 heterocycles. The molecule has 0 bridgehead atoms. The first-order chi connectivity index (χ1) is 10.0. The minimum Gasteiger partial charge on any atom is -0.447 e. The van der Waals surface area contributed by atoms with E-state index in [-0.39, 0.29) is 5.09 Å². The molecule has 0 unspecified atom stereocenters. The molecule has 2 aromatic rings. The monoisotopic (exact) mass is 312 g/mol. The SMILES string of the molecule is CNS(=O)(=O)c1ccc(CNCCCc2cn[nH]c2C)o1. The summed E-state index contributed by atoms with van der Waals surface area (Å²) in [6, 6.07) is 3.12. The van der Waals surface area contributed by atoms with Gasteiger partial charge in [-0.25, -0.2) is 13.1 Å². The molecular weight excluding hydrogens is 292 g/mol. The van der Waals surface area contributed by atoms with Gasteiger partial charge >= 0.3 is 0 Å². The highest BCUT2D eigenvalue weighted by Gasteiger charge is 2.15. The van der Waals surface area contributed by atoms with Gasteiger partial charge in [-0.15, -0.1) is 0 Å². The smallest absolute Gasteiger partial charge is 0.273 e. The summed E-state index contributed by atoms with van der Waals surface area (Å²) in [5.74, 6) is 0.600. The summed E-state index contributed by atoms with van der Waals surface area (Å²) >= 11 is 0. The number of aromatic amines is 1. The standard InChI is InChI=1S/C13H20N4O3S/c1-10-11(8-16-17-10)4-3-7-15-9-12-5-6-13(20-12)21(18,19)14-2/h5-6,8,14-15H,3-4,7,9H2,1-2H3,(H,16,17). The Morgan fingerprint density at radius 3 is 2.86 bits per heavy atom. The van der Waals surface area contributed by atoms with E-state index in [9.17, 15) is 8.42 Å². The predicted molar refractivity (Wildman–Crippen MR) is 78.3 cm³/mol. The maximum Gasteiger partial charge on any atom is 0.273 e. The van der Waals surface area contributed by atoms with Gasteiger partial charge in [-0.2, -0.15) is 5.10 Å². The number of sulfonamides is 1. The fourth-order valence-electron chi connectivity index (χ4n) is 1.94. The van der Waals surface area contributed by atoms with Gasteiger partial charge in [0.2, 0.25) is 5.09 Å². The van der Waals surface area contributed by atoms with Gasteiger partial charge in [-0.3, -0.25) is 5.10 Å². The number of nitrogens with one attached hydrogen (secondary N) is 3. The van der Waals surface area contributed by atoms with E-state index in [0.717, 1.165) is 25.1 Å². The topological polar surface area (TPSA) is 100 Å². The Labute approximate surface area is 124 Å². The van der Waals surface area contributed by atoms with Crippen molar-refractivity contribution in [2.45, 2.75) is 31.4 Å². The van der Waals surface area contributed by atoms with Gasteiger partial charge in [0.05, 0.1) is 12.7 Å². The summed E-state index contributed by atoms with van der Waals surface area (Å²) in [7, 11) is -2.15. The van der Waals surface area contributed by atoms with E-state index < -0.39 is 10.0 Å². The average molecular weight is 312 g/mol. The number of nitrogens with zero attached hydrogens (tertiary/aromatic N) is 1. The molecule has 0 saturated carbocycles. The van der Waals surface area contributed by atoms with Crippen molar-refractivity contribution in [2.24, 2.45) is 0 Å². The summed E-state index contributed by atoms with van der Waals surface area (Å²) in [5, 5.41) is 10.1. The number of hydrogen-bond donors (Lipinski definition) is 3. The molecule has 0 aromatic carbocycles. The number of aryl methyl sites for hydroxylation is 2. The second-order valence-electron chi connectivity index (χ2n) is 4.73. The van der Waals surface area contributed by atoms with Crippen molar-refractivity contribution in [3.05, 3.63) is 35.3 Å². The molecule has 0 radical (unpaired) electrons. The Morgan fingerprint density at radius 1 is 1.38 bits per heavy atom. The molecule has 0 amide bonds. The molecule has 3 N–H and O–H groups in total. The zero-order valence-electron chi connectivity index (χ0n) is 12.1. The number of hydrogen-bond acceptors (Lipinski definition) is 5. The fourth-order valence-corrected chi connectivity index (χ4v) is 2.61. The number of aromatic nitrogens is 2. The van der Waals surface area contributed by atoms with Crippen LogP contribution in [0.5, 0.6) is 0 Å². The summed E-state index contributed by atoms with van der Waals surface area (Å²) in [5.41, 5.74) is 2.32. The molecule has 0 atom stereocenters. The first-order valence-corrected chi connectivity index (χ1v) is 8.23. The van der Waals surface area contributed by atoms with Crippen LogP contribution in [0, 0.1) is 6.92 Å². The Balaban J connectivity index is 1.73. The molecule has 8 heteroatoms. The van der Waals surface area contributed by atoms with Crippen molar-refractivity contribution in [3.63, 3.8) is 0 Å². The van der Waals surface area contributed by atoms with Crippen molar-refractivity contribution >= 4 is 10.0 Å². The van der Waals surface area contributed by atoms with Gasteiger partial charge < -0.3 is 9.73 Å². The van der Waals surface area contributed by atoms with Crippen LogP contribution in [0.2, 0.25) is 0 Å². The number of rotatable bonds is 8. The van der Waals surface area contributed by atoms with Gasteiger partial charge in [0, 0.05) is 5.69 Å². The third-order valence-electron chi connectivity index (χ3n) is 3.20. The van der Waals surface area contributed by atoms with Gasteiger partial charge in [-0.1, -0.05) is 0 Å². The van der Waals surface area contributed by atoms with Gasteiger partial charge in [-0.05, 0) is 51.1 Å². The Hall–Kier alpha value is -1.64. The number of furan rings is 1. The lowest BCUT2D eigenvalue weighted by molar-refractivity contribution is 0.400. The van der Waals surface area contributed by atoms with Crippen LogP contribution in [0.3, 0.4) is 0 Å². The molecule has 2 aromatic heterocycles. The van der Waals surface area contributed by atoms with Crippen LogP contribution < -0.4 is 10.0 Å². The quantitative estimate of drug-likeness (QED) is 0.630. The second kappa shape index (κ2) is 6.88. The van der Waals surface area contributed by atoms with Crippen molar-refractivity contribution in [1.29, 1.82) is 0 Å². The Morgan fingerprint density at radius 2 is 2.19 bits per heavy atom. The molecule has 2 rings (SSSR count). The minimum absolute atomic E-state index is 0.0594. The van der Waals surface area contributed by atoms with E-state index in [4.69, 9.17) is 4.42 Å². The molecule has 0 aliphatic rings. The maximum absolute atomic E-state index is 11.5. The normalized spacial score (nSPS) is 11.9. The third-order valence-corrected chi connectivity index (χ3v) is 4.49. The van der Waals surface area contributed by atoms with Crippen LogP contribution in [-0.2, 0) is 23.0 Å². The summed E-state index contributed by atoms with van der Waals surface area (Å²) < 4.78 is 30.5. The van der Waals surface area contributed by atoms with E-state index in [1.54, 1.807) is 6.07 Å². The molecule has 0 aliphatic carbocycles. The van der Waals surface area contributed by atoms with Crippen molar-refractivity contribution in [2.75, 3.05) is 13.6 Å². The number of H-pyrrole nitrogens is 1. The molecule has 7 nitrogen and oxygen atoms in total. The average Bonchev–Trinajstić information content (AvgIpc) is 3.08. The lowest BCUT2D eigenvalue weighted by Gasteiger charge is -2.03. The summed E-state index contributed by atoms with van der Waals surface area (Å²) in [4.78, 5) is 0. The van der Waals surface area contributed by atoms with Crippen LogP contribution in [0.15, 0.2) is 27.8 Å². The van der Waals surface area contributed by atoms with Gasteiger partial charge in [0.1, 0.15) is 5.76 Å². The van der Waals surface area contributed by atoms with E-state index in [1.165, 1.54) is 18.7 Å². The molecular formula is C13H20N4O3S. The minimum atomic E-state index is -3.50. The van der Waals surface area contributed by atoms with E-state index >= 15 is 0 Å². The Bertz CT molecular complexity index is 675. The highest BCUT2D eigenvalue weighted by Crippen LogP contribution is 2.13. The van der Waals surface area contributed by atoms with E-state index in [1.807, 2.05) is 13.1 Å². The van der Waals surface area contributed by atoms with Crippen LogP contribution >= 0.6 is 0 Å². The zero-order valence-corrected chi connectivity index (χ0v) is 13.0. The highest BCUT2D eigenvalue weighted by molar-refractivity contribution is 7.89. The first kappa shape index (κ1) is 15.7. The highest BCUT2D eigenvalue weighted by atomic mass is 32.2. The van der Waals surface area contributed by atoms with Gasteiger partial charge in [0.25, 0.3) is 10.0 Å². The summed E-state index contributed by atoms with van der Waals surface area (Å²) in [6.07, 6.45) is 3.77. The molecule has 0 fully saturated rings. The Kier molecular flexibility index (Phi) is 5.16.